The van der Waals surface area contributed by atoms with E-state index in [1.165, 1.54) is 22.6 Å². The summed E-state index contributed by atoms with van der Waals surface area (Å²) in [6, 6.07) is 18.8. The summed E-state index contributed by atoms with van der Waals surface area (Å²) < 4.78 is 0.535. The van der Waals surface area contributed by atoms with Crippen LogP contribution in [0.2, 0.25) is 0 Å². The molecule has 0 saturated carbocycles. The van der Waals surface area contributed by atoms with Crippen molar-refractivity contribution in [3.05, 3.63) is 71.3 Å². The van der Waals surface area contributed by atoms with Gasteiger partial charge in [0, 0.05) is 62.9 Å². The van der Waals surface area contributed by atoms with Crippen LogP contribution in [0.3, 0.4) is 0 Å². The van der Waals surface area contributed by atoms with Gasteiger partial charge in [-0.05, 0) is 23.3 Å². The van der Waals surface area contributed by atoms with E-state index < -0.39 is 0 Å². The third-order valence-corrected chi connectivity index (χ3v) is 8.60. The van der Waals surface area contributed by atoms with Crippen LogP contribution in [0.25, 0.3) is 0 Å². The van der Waals surface area contributed by atoms with E-state index in [0.717, 1.165) is 44.8 Å². The molecule has 4 nitrogen and oxygen atoms in total. The van der Waals surface area contributed by atoms with E-state index in [1.54, 1.807) is 0 Å². The first-order valence-corrected chi connectivity index (χ1v) is 12.5. The summed E-state index contributed by atoms with van der Waals surface area (Å²) in [6.45, 7) is 6.94. The van der Waals surface area contributed by atoms with Crippen LogP contribution in [-0.4, -0.2) is 66.5 Å². The lowest BCUT2D eigenvalue weighted by Gasteiger charge is -2.34. The lowest BCUT2D eigenvalue weighted by molar-refractivity contribution is 0.0934. The molecule has 0 bridgehead atoms. The van der Waals surface area contributed by atoms with Crippen LogP contribution < -0.4 is 5.32 Å². The Balaban J connectivity index is 1.15. The second-order valence-corrected chi connectivity index (χ2v) is 10.3. The number of nitrogens with zero attached hydrogens (tertiary/aromatic N) is 2. The van der Waals surface area contributed by atoms with E-state index in [0.29, 0.717) is 11.1 Å². The Morgan fingerprint density at radius 3 is 2.24 bits per heavy atom. The van der Waals surface area contributed by atoms with E-state index in [-0.39, 0.29) is 5.91 Å². The average molecular weight is 428 g/mol. The average Bonchev–Trinajstić information content (AvgIpc) is 3.31. The second-order valence-electron chi connectivity index (χ2n) is 7.55. The summed E-state index contributed by atoms with van der Waals surface area (Å²) in [4.78, 5) is 17.4. The molecule has 29 heavy (non-hydrogen) atoms. The first-order valence-electron chi connectivity index (χ1n) is 10.4. The number of thioether (sulfide) groups is 2. The SMILES string of the molecule is O=C(NCCN1CCN(Cc2ccccc2)CC1)c1ccc(C2SCCS2)cc1. The minimum atomic E-state index is 0.0333. The van der Waals surface area contributed by atoms with E-state index in [9.17, 15) is 4.79 Å². The molecule has 6 heteroatoms. The van der Waals surface area contributed by atoms with Crippen molar-refractivity contribution in [3.63, 3.8) is 0 Å². The predicted molar refractivity (Wildman–Crippen MR) is 125 cm³/mol. The van der Waals surface area contributed by atoms with Crippen molar-refractivity contribution in [2.24, 2.45) is 0 Å². The molecule has 2 fully saturated rings. The molecular formula is C23H29N3OS2. The van der Waals surface area contributed by atoms with Crippen LogP contribution in [0.5, 0.6) is 0 Å². The van der Waals surface area contributed by atoms with E-state index >= 15 is 0 Å². The van der Waals surface area contributed by atoms with Gasteiger partial charge in [-0.2, -0.15) is 0 Å². The number of piperazine rings is 1. The minimum Gasteiger partial charge on any atom is -0.351 e. The van der Waals surface area contributed by atoms with E-state index in [4.69, 9.17) is 0 Å². The van der Waals surface area contributed by atoms with Gasteiger partial charge in [-0.25, -0.2) is 0 Å². The van der Waals surface area contributed by atoms with Gasteiger partial charge in [-0.1, -0.05) is 42.5 Å². The molecule has 0 unspecified atom stereocenters. The van der Waals surface area contributed by atoms with Crippen LogP contribution in [0.15, 0.2) is 54.6 Å². The molecule has 0 spiro atoms. The molecule has 2 aliphatic heterocycles. The van der Waals surface area contributed by atoms with Crippen molar-refractivity contribution in [1.29, 1.82) is 0 Å². The first kappa shape index (κ1) is 20.8. The van der Waals surface area contributed by atoms with Gasteiger partial charge < -0.3 is 5.32 Å². The Bertz CT molecular complexity index is 770. The van der Waals surface area contributed by atoms with Gasteiger partial charge in [0.05, 0.1) is 4.58 Å². The van der Waals surface area contributed by atoms with E-state index in [1.807, 2.05) is 35.7 Å². The summed E-state index contributed by atoms with van der Waals surface area (Å²) in [6.07, 6.45) is 0. The number of benzene rings is 2. The van der Waals surface area contributed by atoms with Crippen molar-refractivity contribution in [3.8, 4) is 0 Å². The highest BCUT2D eigenvalue weighted by Crippen LogP contribution is 2.45. The number of carbonyl (C=O) groups excluding carboxylic acids is 1. The van der Waals surface area contributed by atoms with Crippen LogP contribution in [0, 0.1) is 0 Å². The van der Waals surface area contributed by atoms with Crippen molar-refractivity contribution < 1.29 is 4.79 Å². The number of amides is 1. The fourth-order valence-electron chi connectivity index (χ4n) is 3.78. The van der Waals surface area contributed by atoms with Crippen LogP contribution in [0.4, 0.5) is 0 Å². The molecule has 1 amide bonds. The molecule has 0 radical (unpaired) electrons. The van der Waals surface area contributed by atoms with E-state index in [2.05, 4.69) is 57.6 Å². The van der Waals surface area contributed by atoms with Gasteiger partial charge in [0.15, 0.2) is 0 Å². The lowest BCUT2D eigenvalue weighted by atomic mass is 10.1. The fraction of sp³-hybridized carbons (Fsp3) is 0.435. The molecule has 0 aromatic heterocycles. The Kier molecular flexibility index (Phi) is 7.55. The Morgan fingerprint density at radius 2 is 1.55 bits per heavy atom. The zero-order chi connectivity index (χ0) is 19.9. The molecule has 154 valence electrons. The molecule has 2 aromatic rings. The van der Waals surface area contributed by atoms with Gasteiger partial charge in [-0.3, -0.25) is 14.6 Å². The van der Waals surface area contributed by atoms with Gasteiger partial charge >= 0.3 is 0 Å². The third-order valence-electron chi connectivity index (χ3n) is 5.49. The molecular weight excluding hydrogens is 398 g/mol. The summed E-state index contributed by atoms with van der Waals surface area (Å²) in [5, 5.41) is 3.08. The standard InChI is InChI=1S/C23H29N3OS2/c27-22(20-6-8-21(9-7-20)23-28-16-17-29-23)24-10-11-25-12-14-26(15-13-25)18-19-4-2-1-3-5-19/h1-9,23H,10-18H2,(H,24,27). The third kappa shape index (κ3) is 6.01. The Hall–Kier alpha value is -1.47. The molecule has 2 saturated heterocycles. The monoisotopic (exact) mass is 427 g/mol. The maximum Gasteiger partial charge on any atom is 0.251 e. The molecule has 2 heterocycles. The smallest absolute Gasteiger partial charge is 0.251 e. The summed E-state index contributed by atoms with van der Waals surface area (Å²) in [5.41, 5.74) is 3.46. The van der Waals surface area contributed by atoms with Crippen LogP contribution in [-0.2, 0) is 6.54 Å². The number of nitrogens with one attached hydrogen (secondary N) is 1. The van der Waals surface area contributed by atoms with Crippen molar-refractivity contribution in [2.45, 2.75) is 11.1 Å². The number of hydrogen-bond donors (Lipinski definition) is 1. The topological polar surface area (TPSA) is 35.6 Å². The Morgan fingerprint density at radius 1 is 0.897 bits per heavy atom. The predicted octanol–water partition coefficient (Wildman–Crippen LogP) is 3.71. The van der Waals surface area contributed by atoms with Gasteiger partial charge in [-0.15, -0.1) is 23.5 Å². The van der Waals surface area contributed by atoms with Crippen LogP contribution >= 0.6 is 23.5 Å². The second kappa shape index (κ2) is 10.5. The summed E-state index contributed by atoms with van der Waals surface area (Å²) in [5.74, 6) is 2.47. The van der Waals surface area contributed by atoms with Crippen molar-refractivity contribution >= 4 is 29.4 Å². The molecule has 2 aliphatic rings. The fourth-order valence-corrected chi connectivity index (χ4v) is 6.64. The highest BCUT2D eigenvalue weighted by Gasteiger charge is 2.19. The summed E-state index contributed by atoms with van der Waals surface area (Å²) >= 11 is 3.99. The molecule has 1 N–H and O–H groups in total. The highest BCUT2D eigenvalue weighted by atomic mass is 32.2. The minimum absolute atomic E-state index is 0.0333. The maximum absolute atomic E-state index is 12.4. The quantitative estimate of drug-likeness (QED) is 0.729. The zero-order valence-electron chi connectivity index (χ0n) is 16.8. The molecule has 0 aliphatic carbocycles. The lowest BCUT2D eigenvalue weighted by Crippen LogP contribution is -2.48. The molecule has 4 rings (SSSR count). The normalized spacial score (nSPS) is 18.8. The van der Waals surface area contributed by atoms with Crippen LogP contribution in [0.1, 0.15) is 26.1 Å². The first-order chi connectivity index (χ1) is 14.3. The number of rotatable bonds is 7. The number of carbonyl (C=O) groups is 1. The van der Waals surface area contributed by atoms with Crippen molar-refractivity contribution in [2.75, 3.05) is 50.8 Å². The van der Waals surface area contributed by atoms with Gasteiger partial charge in [0.1, 0.15) is 0 Å². The highest BCUT2D eigenvalue weighted by molar-refractivity contribution is 8.19. The van der Waals surface area contributed by atoms with Gasteiger partial charge in [0.2, 0.25) is 0 Å². The number of hydrogen-bond acceptors (Lipinski definition) is 5. The van der Waals surface area contributed by atoms with Crippen molar-refractivity contribution in [1.82, 2.24) is 15.1 Å². The zero-order valence-corrected chi connectivity index (χ0v) is 18.4. The Labute approximate surface area is 182 Å². The maximum atomic E-state index is 12.4. The summed E-state index contributed by atoms with van der Waals surface area (Å²) in [7, 11) is 0. The molecule has 0 atom stereocenters. The van der Waals surface area contributed by atoms with Gasteiger partial charge in [0.25, 0.3) is 5.91 Å². The molecule has 2 aromatic carbocycles. The largest absolute Gasteiger partial charge is 0.351 e.